The number of benzene rings is 1. The van der Waals surface area contributed by atoms with Crippen LogP contribution < -0.4 is 5.32 Å². The van der Waals surface area contributed by atoms with Gasteiger partial charge in [0.1, 0.15) is 6.04 Å². The van der Waals surface area contributed by atoms with E-state index in [1.165, 1.54) is 0 Å². The zero-order valence-electron chi connectivity index (χ0n) is 16.0. The van der Waals surface area contributed by atoms with Crippen molar-refractivity contribution >= 4 is 5.91 Å². The van der Waals surface area contributed by atoms with Crippen molar-refractivity contribution in [3.8, 4) is 11.4 Å². The molecule has 0 spiro atoms. The Morgan fingerprint density at radius 3 is 2.72 bits per heavy atom. The maximum absolute atomic E-state index is 13.0. The number of carbonyl (C=O) groups is 1. The minimum absolute atomic E-state index is 0.0669. The van der Waals surface area contributed by atoms with Crippen molar-refractivity contribution in [1.82, 2.24) is 25.3 Å². The fourth-order valence-corrected chi connectivity index (χ4v) is 3.35. The van der Waals surface area contributed by atoms with Crippen molar-refractivity contribution in [3.05, 3.63) is 66.3 Å². The van der Waals surface area contributed by atoms with E-state index >= 15 is 0 Å². The monoisotopic (exact) mass is 393 g/mol. The minimum Gasteiger partial charge on any atom is -0.379 e. The van der Waals surface area contributed by atoms with Gasteiger partial charge in [0.15, 0.2) is 0 Å². The molecule has 1 aliphatic heterocycles. The third kappa shape index (κ3) is 4.85. The van der Waals surface area contributed by atoms with Crippen molar-refractivity contribution in [1.29, 1.82) is 0 Å². The summed E-state index contributed by atoms with van der Waals surface area (Å²) in [7, 11) is 0. The van der Waals surface area contributed by atoms with Crippen LogP contribution in [-0.4, -0.2) is 58.8 Å². The van der Waals surface area contributed by atoms with E-state index in [1.807, 2.05) is 42.5 Å². The molecule has 1 aromatic carbocycles. The van der Waals surface area contributed by atoms with Crippen molar-refractivity contribution < 1.29 is 14.1 Å². The van der Waals surface area contributed by atoms with Gasteiger partial charge in [0, 0.05) is 44.0 Å². The average Bonchev–Trinajstić information content (AvgIpc) is 3.25. The molecule has 8 heteroatoms. The molecule has 4 rings (SSSR count). The largest absolute Gasteiger partial charge is 0.379 e. The second-order valence-corrected chi connectivity index (χ2v) is 6.76. The number of nitrogens with zero attached hydrogens (tertiary/aromatic N) is 4. The van der Waals surface area contributed by atoms with E-state index in [9.17, 15) is 4.79 Å². The smallest absolute Gasteiger partial charge is 0.242 e. The van der Waals surface area contributed by atoms with Gasteiger partial charge in [0.2, 0.25) is 17.6 Å². The molecule has 0 aliphatic carbocycles. The molecular formula is C21H23N5O3. The summed E-state index contributed by atoms with van der Waals surface area (Å²) in [5.41, 5.74) is 1.77. The summed E-state index contributed by atoms with van der Waals surface area (Å²) in [6, 6.07) is 13.0. The van der Waals surface area contributed by atoms with Crippen molar-refractivity contribution in [2.75, 3.05) is 32.8 Å². The summed E-state index contributed by atoms with van der Waals surface area (Å²) in [6.45, 7) is 3.06. The quantitative estimate of drug-likeness (QED) is 0.655. The van der Waals surface area contributed by atoms with Gasteiger partial charge in [-0.2, -0.15) is 4.98 Å². The summed E-state index contributed by atoms with van der Waals surface area (Å²) in [5.74, 6) is 0.977. The second kappa shape index (κ2) is 9.40. The van der Waals surface area contributed by atoms with Gasteiger partial charge in [-0.05, 0) is 11.6 Å². The predicted molar refractivity (Wildman–Crippen MR) is 106 cm³/mol. The van der Waals surface area contributed by atoms with Gasteiger partial charge in [-0.15, -0.1) is 0 Å². The highest BCUT2D eigenvalue weighted by Crippen LogP contribution is 2.21. The Morgan fingerprint density at radius 1 is 1.14 bits per heavy atom. The molecule has 1 saturated heterocycles. The van der Waals surface area contributed by atoms with Crippen molar-refractivity contribution in [2.45, 2.75) is 12.5 Å². The highest BCUT2D eigenvalue weighted by Gasteiger charge is 2.29. The van der Waals surface area contributed by atoms with E-state index in [2.05, 4.69) is 25.3 Å². The normalized spacial score (nSPS) is 15.7. The number of morpholine rings is 1. The number of amides is 1. The predicted octanol–water partition coefficient (Wildman–Crippen LogP) is 1.86. The summed E-state index contributed by atoms with van der Waals surface area (Å²) in [5, 5.41) is 7.01. The lowest BCUT2D eigenvalue weighted by Crippen LogP contribution is -2.46. The number of rotatable bonds is 7. The molecule has 29 heavy (non-hydrogen) atoms. The zero-order valence-corrected chi connectivity index (χ0v) is 16.0. The molecule has 1 N–H and O–H groups in total. The van der Waals surface area contributed by atoms with Crippen LogP contribution >= 0.6 is 0 Å². The fraction of sp³-hybridized carbons (Fsp3) is 0.333. The van der Waals surface area contributed by atoms with Crippen LogP contribution in [0.25, 0.3) is 11.4 Å². The molecule has 150 valence electrons. The van der Waals surface area contributed by atoms with Crippen molar-refractivity contribution in [3.63, 3.8) is 0 Å². The molecule has 0 unspecified atom stereocenters. The Hall–Kier alpha value is -3.10. The SMILES string of the molecule is O=C(NCCc1nc(-c2ccccc2)no1)[C@@H](c1cccnc1)N1CCOCC1. The molecular weight excluding hydrogens is 370 g/mol. The first-order chi connectivity index (χ1) is 14.3. The highest BCUT2D eigenvalue weighted by atomic mass is 16.5. The van der Waals surface area contributed by atoms with Crippen LogP contribution in [0.1, 0.15) is 17.5 Å². The van der Waals surface area contributed by atoms with Crippen LogP contribution in [0.2, 0.25) is 0 Å². The van der Waals surface area contributed by atoms with Gasteiger partial charge in [-0.1, -0.05) is 41.6 Å². The molecule has 0 radical (unpaired) electrons. The number of hydrogen-bond acceptors (Lipinski definition) is 7. The van der Waals surface area contributed by atoms with Gasteiger partial charge in [0.25, 0.3) is 0 Å². The lowest BCUT2D eigenvalue weighted by Gasteiger charge is -2.33. The molecule has 8 nitrogen and oxygen atoms in total. The lowest BCUT2D eigenvalue weighted by molar-refractivity contribution is -0.128. The number of pyridine rings is 1. The third-order valence-corrected chi connectivity index (χ3v) is 4.80. The van der Waals surface area contributed by atoms with E-state index in [-0.39, 0.29) is 5.91 Å². The molecule has 3 heterocycles. The summed E-state index contributed by atoms with van der Waals surface area (Å²) < 4.78 is 10.7. The van der Waals surface area contributed by atoms with E-state index in [4.69, 9.17) is 9.26 Å². The molecule has 1 amide bonds. The Bertz CT molecular complexity index is 910. The molecule has 1 atom stereocenters. The maximum Gasteiger partial charge on any atom is 0.242 e. The molecule has 2 aromatic heterocycles. The van der Waals surface area contributed by atoms with E-state index in [1.54, 1.807) is 12.4 Å². The third-order valence-electron chi connectivity index (χ3n) is 4.80. The molecule has 0 bridgehead atoms. The Labute approximate surface area is 168 Å². The highest BCUT2D eigenvalue weighted by molar-refractivity contribution is 5.83. The first-order valence-electron chi connectivity index (χ1n) is 9.69. The maximum atomic E-state index is 13.0. The van der Waals surface area contributed by atoms with Crippen LogP contribution in [0, 0.1) is 0 Å². The summed E-state index contributed by atoms with van der Waals surface area (Å²) in [6.07, 6.45) is 3.91. The molecule has 0 saturated carbocycles. The van der Waals surface area contributed by atoms with E-state index in [0.717, 1.165) is 11.1 Å². The zero-order chi connectivity index (χ0) is 19.9. The van der Waals surface area contributed by atoms with Gasteiger partial charge < -0.3 is 14.6 Å². The topological polar surface area (TPSA) is 93.4 Å². The first kappa shape index (κ1) is 19.2. The number of ether oxygens (including phenoxy) is 1. The Kier molecular flexibility index (Phi) is 6.23. The fourth-order valence-electron chi connectivity index (χ4n) is 3.35. The summed E-state index contributed by atoms with van der Waals surface area (Å²) in [4.78, 5) is 23.7. The van der Waals surface area contributed by atoms with Crippen LogP contribution in [0.3, 0.4) is 0 Å². The number of aromatic nitrogens is 3. The van der Waals surface area contributed by atoms with Crippen LogP contribution in [0.5, 0.6) is 0 Å². The lowest BCUT2D eigenvalue weighted by atomic mass is 10.1. The minimum atomic E-state index is -0.393. The van der Waals surface area contributed by atoms with E-state index < -0.39 is 6.04 Å². The number of nitrogens with one attached hydrogen (secondary N) is 1. The number of carbonyl (C=O) groups excluding carboxylic acids is 1. The van der Waals surface area contributed by atoms with Crippen LogP contribution in [-0.2, 0) is 16.0 Å². The first-order valence-corrected chi connectivity index (χ1v) is 9.69. The molecule has 1 aliphatic rings. The van der Waals surface area contributed by atoms with Crippen molar-refractivity contribution in [2.24, 2.45) is 0 Å². The van der Waals surface area contributed by atoms with Gasteiger partial charge in [-0.25, -0.2) is 0 Å². The van der Waals surface area contributed by atoms with Crippen LogP contribution in [0.4, 0.5) is 0 Å². The average molecular weight is 393 g/mol. The van der Waals surface area contributed by atoms with Crippen LogP contribution in [0.15, 0.2) is 59.4 Å². The Morgan fingerprint density at radius 2 is 1.97 bits per heavy atom. The van der Waals surface area contributed by atoms with Gasteiger partial charge in [-0.3, -0.25) is 14.7 Å². The van der Waals surface area contributed by atoms with Gasteiger partial charge >= 0.3 is 0 Å². The number of hydrogen-bond donors (Lipinski definition) is 1. The van der Waals surface area contributed by atoms with E-state index in [0.29, 0.717) is 51.0 Å². The molecule has 1 fully saturated rings. The second-order valence-electron chi connectivity index (χ2n) is 6.76. The Balaban J connectivity index is 1.37. The standard InChI is InChI=1S/C21H23N5O3/c27-21(19(17-7-4-9-22-15-17)26-11-13-28-14-12-26)23-10-8-18-24-20(25-29-18)16-5-2-1-3-6-16/h1-7,9,15,19H,8,10-14H2,(H,23,27)/t19-/m1/s1. The van der Waals surface area contributed by atoms with Gasteiger partial charge in [0.05, 0.1) is 13.2 Å². The summed E-state index contributed by atoms with van der Waals surface area (Å²) >= 11 is 0. The molecule has 3 aromatic rings.